The number of rotatable bonds is 2. The fourth-order valence-corrected chi connectivity index (χ4v) is 1.33. The van der Waals surface area contributed by atoms with Crippen molar-refractivity contribution in [2.45, 2.75) is 0 Å². The molecule has 0 N–H and O–H groups in total. The molecule has 0 saturated heterocycles. The van der Waals surface area contributed by atoms with Crippen LogP contribution in [0.3, 0.4) is 0 Å². The number of halogens is 2. The molecule has 0 aliphatic heterocycles. The summed E-state index contributed by atoms with van der Waals surface area (Å²) >= 11 is 3.08. The van der Waals surface area contributed by atoms with Crippen LogP contribution in [0, 0.1) is 5.82 Å². The van der Waals surface area contributed by atoms with Gasteiger partial charge in [-0.1, -0.05) is 6.07 Å². The SMILES string of the molecule is CN(C)C(=O)/C=C/c1ccc(F)c(Br)c1. The van der Waals surface area contributed by atoms with Crippen molar-refractivity contribution in [3.05, 3.63) is 40.1 Å². The summed E-state index contributed by atoms with van der Waals surface area (Å²) in [6.07, 6.45) is 3.09. The van der Waals surface area contributed by atoms with Gasteiger partial charge >= 0.3 is 0 Å². The number of nitrogens with zero attached hydrogens (tertiary/aromatic N) is 1. The maximum absolute atomic E-state index is 12.9. The second-order valence-corrected chi connectivity index (χ2v) is 4.09. The lowest BCUT2D eigenvalue weighted by Gasteiger charge is -2.05. The summed E-state index contributed by atoms with van der Waals surface area (Å²) in [6.45, 7) is 0. The zero-order chi connectivity index (χ0) is 11.4. The van der Waals surface area contributed by atoms with Crippen molar-refractivity contribution >= 4 is 27.9 Å². The van der Waals surface area contributed by atoms with Gasteiger partial charge in [0.2, 0.25) is 5.91 Å². The van der Waals surface area contributed by atoms with Crippen molar-refractivity contribution in [2.24, 2.45) is 0 Å². The molecule has 1 rings (SSSR count). The third-order valence-electron chi connectivity index (χ3n) is 1.80. The van der Waals surface area contributed by atoms with E-state index in [1.165, 1.54) is 17.0 Å². The zero-order valence-corrected chi connectivity index (χ0v) is 10.1. The first kappa shape index (κ1) is 11.9. The summed E-state index contributed by atoms with van der Waals surface area (Å²) < 4.78 is 13.3. The number of hydrogen-bond donors (Lipinski definition) is 0. The van der Waals surface area contributed by atoms with Crippen LogP contribution < -0.4 is 0 Å². The van der Waals surface area contributed by atoms with E-state index in [-0.39, 0.29) is 11.7 Å². The van der Waals surface area contributed by atoms with E-state index in [0.29, 0.717) is 4.47 Å². The summed E-state index contributed by atoms with van der Waals surface area (Å²) in [5, 5.41) is 0. The van der Waals surface area contributed by atoms with Crippen molar-refractivity contribution in [3.63, 3.8) is 0 Å². The number of carbonyl (C=O) groups excluding carboxylic acids is 1. The standard InChI is InChI=1S/C11H11BrFNO/c1-14(2)11(15)6-4-8-3-5-10(13)9(12)7-8/h3-7H,1-2H3/b6-4+. The van der Waals surface area contributed by atoms with E-state index < -0.39 is 0 Å². The summed E-state index contributed by atoms with van der Waals surface area (Å²) in [5.74, 6) is -0.415. The van der Waals surface area contributed by atoms with Gasteiger partial charge in [0.05, 0.1) is 4.47 Å². The van der Waals surface area contributed by atoms with Crippen molar-refractivity contribution < 1.29 is 9.18 Å². The number of hydrogen-bond acceptors (Lipinski definition) is 1. The van der Waals surface area contributed by atoms with Gasteiger partial charge in [-0.25, -0.2) is 4.39 Å². The van der Waals surface area contributed by atoms with Crippen LogP contribution in [0.25, 0.3) is 6.08 Å². The Morgan fingerprint density at radius 3 is 2.67 bits per heavy atom. The monoisotopic (exact) mass is 271 g/mol. The first-order valence-corrected chi connectivity index (χ1v) is 5.14. The third-order valence-corrected chi connectivity index (χ3v) is 2.41. The van der Waals surface area contributed by atoms with Crippen molar-refractivity contribution in [2.75, 3.05) is 14.1 Å². The van der Waals surface area contributed by atoms with Gasteiger partial charge in [-0.15, -0.1) is 0 Å². The Bertz CT molecular complexity index is 402. The van der Waals surface area contributed by atoms with Crippen LogP contribution in [0.5, 0.6) is 0 Å². The van der Waals surface area contributed by atoms with Gasteiger partial charge in [-0.05, 0) is 39.7 Å². The maximum atomic E-state index is 12.9. The Kier molecular flexibility index (Phi) is 4.03. The molecule has 1 aromatic carbocycles. The largest absolute Gasteiger partial charge is 0.345 e. The highest BCUT2D eigenvalue weighted by Crippen LogP contribution is 2.17. The predicted molar refractivity (Wildman–Crippen MR) is 61.8 cm³/mol. The van der Waals surface area contributed by atoms with Crippen molar-refractivity contribution in [1.82, 2.24) is 4.90 Å². The van der Waals surface area contributed by atoms with E-state index in [0.717, 1.165) is 5.56 Å². The molecule has 0 radical (unpaired) electrons. The Morgan fingerprint density at radius 2 is 2.13 bits per heavy atom. The maximum Gasteiger partial charge on any atom is 0.246 e. The van der Waals surface area contributed by atoms with Gasteiger partial charge in [0.1, 0.15) is 5.82 Å². The molecule has 0 spiro atoms. The van der Waals surface area contributed by atoms with E-state index in [4.69, 9.17) is 0 Å². The number of benzene rings is 1. The molecule has 0 aliphatic rings. The molecule has 1 aromatic rings. The van der Waals surface area contributed by atoms with Crippen LogP contribution >= 0.6 is 15.9 Å². The Balaban J connectivity index is 2.81. The molecule has 0 heterocycles. The van der Waals surface area contributed by atoms with Crippen LogP contribution in [0.15, 0.2) is 28.7 Å². The molecule has 0 unspecified atom stereocenters. The lowest BCUT2D eigenvalue weighted by atomic mass is 10.2. The average Bonchev–Trinajstić information content (AvgIpc) is 2.19. The van der Waals surface area contributed by atoms with Crippen LogP contribution in [-0.4, -0.2) is 24.9 Å². The van der Waals surface area contributed by atoms with Gasteiger partial charge in [0.25, 0.3) is 0 Å². The molecular formula is C11H11BrFNO. The summed E-state index contributed by atoms with van der Waals surface area (Å²) in [5.41, 5.74) is 0.776. The van der Waals surface area contributed by atoms with Crippen molar-refractivity contribution in [1.29, 1.82) is 0 Å². The van der Waals surface area contributed by atoms with Crippen LogP contribution in [0.1, 0.15) is 5.56 Å². The van der Waals surface area contributed by atoms with E-state index in [1.807, 2.05) is 0 Å². The molecule has 0 aliphatic carbocycles. The lowest BCUT2D eigenvalue weighted by Crippen LogP contribution is -2.18. The highest BCUT2D eigenvalue weighted by Gasteiger charge is 2.00. The molecule has 0 bridgehead atoms. The molecule has 0 aromatic heterocycles. The van der Waals surface area contributed by atoms with E-state index in [2.05, 4.69) is 15.9 Å². The third kappa shape index (κ3) is 3.47. The Morgan fingerprint density at radius 1 is 1.47 bits per heavy atom. The topological polar surface area (TPSA) is 20.3 Å². The van der Waals surface area contributed by atoms with Crippen molar-refractivity contribution in [3.8, 4) is 0 Å². The van der Waals surface area contributed by atoms with Gasteiger partial charge in [0.15, 0.2) is 0 Å². The molecule has 1 amide bonds. The number of carbonyl (C=O) groups is 1. The summed E-state index contributed by atoms with van der Waals surface area (Å²) in [7, 11) is 3.35. The Labute approximate surface area is 96.5 Å². The minimum absolute atomic E-state index is 0.101. The highest BCUT2D eigenvalue weighted by molar-refractivity contribution is 9.10. The lowest BCUT2D eigenvalue weighted by molar-refractivity contribution is -0.123. The second-order valence-electron chi connectivity index (χ2n) is 3.24. The molecular weight excluding hydrogens is 261 g/mol. The number of amides is 1. The van der Waals surface area contributed by atoms with Gasteiger partial charge in [-0.2, -0.15) is 0 Å². The van der Waals surface area contributed by atoms with Crippen LogP contribution in [0.4, 0.5) is 4.39 Å². The normalized spacial score (nSPS) is 10.7. The van der Waals surface area contributed by atoms with Crippen LogP contribution in [-0.2, 0) is 4.79 Å². The van der Waals surface area contributed by atoms with E-state index in [1.54, 1.807) is 32.3 Å². The smallest absolute Gasteiger partial charge is 0.246 e. The van der Waals surface area contributed by atoms with Gasteiger partial charge in [-0.3, -0.25) is 4.79 Å². The predicted octanol–water partition coefficient (Wildman–Crippen LogP) is 2.69. The van der Waals surface area contributed by atoms with Crippen LogP contribution in [0.2, 0.25) is 0 Å². The molecule has 15 heavy (non-hydrogen) atoms. The van der Waals surface area contributed by atoms with E-state index >= 15 is 0 Å². The molecule has 4 heteroatoms. The van der Waals surface area contributed by atoms with E-state index in [9.17, 15) is 9.18 Å². The number of likely N-dealkylation sites (N-methyl/N-ethyl adjacent to an activating group) is 1. The summed E-state index contributed by atoms with van der Waals surface area (Å²) in [4.78, 5) is 12.7. The average molecular weight is 272 g/mol. The molecule has 0 atom stereocenters. The minimum atomic E-state index is -0.314. The molecule has 80 valence electrons. The fraction of sp³-hybridized carbons (Fsp3) is 0.182. The highest BCUT2D eigenvalue weighted by atomic mass is 79.9. The quantitative estimate of drug-likeness (QED) is 0.758. The molecule has 2 nitrogen and oxygen atoms in total. The first-order chi connectivity index (χ1) is 7.00. The second kappa shape index (κ2) is 5.07. The van der Waals surface area contributed by atoms with Gasteiger partial charge < -0.3 is 4.90 Å². The van der Waals surface area contributed by atoms with Gasteiger partial charge in [0, 0.05) is 20.2 Å². The fourth-order valence-electron chi connectivity index (χ4n) is 0.933. The summed E-state index contributed by atoms with van der Waals surface area (Å²) in [6, 6.07) is 4.58. The molecule has 0 saturated carbocycles. The zero-order valence-electron chi connectivity index (χ0n) is 8.50. The first-order valence-electron chi connectivity index (χ1n) is 4.35. The Hall–Kier alpha value is -1.16. The minimum Gasteiger partial charge on any atom is -0.345 e. The molecule has 0 fully saturated rings.